The van der Waals surface area contributed by atoms with Crippen LogP contribution in [0.15, 0.2) is 30.3 Å². The van der Waals surface area contributed by atoms with E-state index in [1.807, 2.05) is 18.2 Å². The van der Waals surface area contributed by atoms with Crippen LogP contribution in [0.2, 0.25) is 0 Å². The molecule has 2 aromatic rings. The SMILES string of the molecule is CCCCCCCCCc1ccccc1O.Cc1cc(F)c(F)c(N)c1F. The lowest BCUT2D eigenvalue weighted by Crippen LogP contribution is -2.00. The topological polar surface area (TPSA) is 46.2 Å². The first-order chi connectivity index (χ1) is 12.9. The average Bonchev–Trinajstić information content (AvgIpc) is 2.66. The second-order valence-electron chi connectivity index (χ2n) is 6.72. The molecule has 5 heteroatoms. The summed E-state index contributed by atoms with van der Waals surface area (Å²) in [7, 11) is 0. The summed E-state index contributed by atoms with van der Waals surface area (Å²) in [5, 5.41) is 9.58. The molecule has 0 saturated carbocycles. The van der Waals surface area contributed by atoms with Crippen molar-refractivity contribution in [3.05, 3.63) is 58.9 Å². The maximum atomic E-state index is 12.6. The van der Waals surface area contributed by atoms with Crippen LogP contribution in [-0.4, -0.2) is 5.11 Å². The molecule has 27 heavy (non-hydrogen) atoms. The molecule has 2 rings (SSSR count). The van der Waals surface area contributed by atoms with Crippen LogP contribution in [0.25, 0.3) is 0 Å². The zero-order valence-electron chi connectivity index (χ0n) is 16.2. The number of nitrogen functional groups attached to an aromatic ring is 1. The van der Waals surface area contributed by atoms with E-state index in [4.69, 9.17) is 5.73 Å². The Hall–Kier alpha value is -2.17. The molecule has 0 heterocycles. The number of hydrogen-bond donors (Lipinski definition) is 2. The lowest BCUT2D eigenvalue weighted by molar-refractivity contribution is 0.466. The van der Waals surface area contributed by atoms with Crippen LogP contribution in [0.1, 0.15) is 63.0 Å². The summed E-state index contributed by atoms with van der Waals surface area (Å²) in [5.41, 5.74) is 5.23. The van der Waals surface area contributed by atoms with Crippen LogP contribution in [0.4, 0.5) is 18.9 Å². The molecule has 3 N–H and O–H groups in total. The molecule has 150 valence electrons. The van der Waals surface area contributed by atoms with Crippen LogP contribution in [0.3, 0.4) is 0 Å². The fourth-order valence-corrected chi connectivity index (χ4v) is 2.75. The number of aromatic hydroxyl groups is 1. The molecule has 0 fully saturated rings. The van der Waals surface area contributed by atoms with Crippen LogP contribution < -0.4 is 5.73 Å². The molecule has 0 spiro atoms. The third-order valence-electron chi connectivity index (χ3n) is 4.41. The summed E-state index contributed by atoms with van der Waals surface area (Å²) in [6.45, 7) is 3.56. The number of hydrogen-bond acceptors (Lipinski definition) is 2. The predicted molar refractivity (Wildman–Crippen MR) is 105 cm³/mol. The van der Waals surface area contributed by atoms with Gasteiger partial charge in [-0.05, 0) is 43.0 Å². The molecule has 0 radical (unpaired) electrons. The molecule has 0 aliphatic heterocycles. The smallest absolute Gasteiger partial charge is 0.184 e. The summed E-state index contributed by atoms with van der Waals surface area (Å²) in [4.78, 5) is 0. The second kappa shape index (κ2) is 12.3. The molecule has 0 atom stereocenters. The number of anilines is 1. The number of unbranched alkanes of at least 4 members (excludes halogenated alkanes) is 6. The highest BCUT2D eigenvalue weighted by molar-refractivity contribution is 5.44. The van der Waals surface area contributed by atoms with Gasteiger partial charge in [-0.15, -0.1) is 0 Å². The number of para-hydroxylation sites is 1. The lowest BCUT2D eigenvalue weighted by atomic mass is 10.0. The van der Waals surface area contributed by atoms with E-state index >= 15 is 0 Å². The van der Waals surface area contributed by atoms with E-state index in [0.29, 0.717) is 5.75 Å². The standard InChI is InChI=1S/C15H24O.C7H6F3N/c1-2-3-4-5-6-7-8-11-14-12-9-10-13-15(14)16;1-3-2-4(8)6(10)7(11)5(3)9/h9-10,12-13,16H,2-8,11H2,1H3;2H,11H2,1H3. The molecule has 2 aromatic carbocycles. The van der Waals surface area contributed by atoms with Crippen molar-refractivity contribution < 1.29 is 18.3 Å². The molecule has 0 amide bonds. The quantitative estimate of drug-likeness (QED) is 0.304. The number of halogens is 3. The van der Waals surface area contributed by atoms with Gasteiger partial charge < -0.3 is 10.8 Å². The highest BCUT2D eigenvalue weighted by Crippen LogP contribution is 2.21. The average molecular weight is 381 g/mol. The van der Waals surface area contributed by atoms with Gasteiger partial charge in [0.2, 0.25) is 0 Å². The van der Waals surface area contributed by atoms with E-state index in [1.165, 1.54) is 51.9 Å². The fourth-order valence-electron chi connectivity index (χ4n) is 2.75. The molecule has 0 aliphatic rings. The summed E-state index contributed by atoms with van der Waals surface area (Å²) < 4.78 is 37.5. The molecular weight excluding hydrogens is 351 g/mol. The van der Waals surface area contributed by atoms with Gasteiger partial charge in [-0.2, -0.15) is 0 Å². The van der Waals surface area contributed by atoms with Gasteiger partial charge in [0, 0.05) is 0 Å². The van der Waals surface area contributed by atoms with Crippen LogP contribution >= 0.6 is 0 Å². The Balaban J connectivity index is 0.000000289. The maximum Gasteiger partial charge on any atom is 0.184 e. The van der Waals surface area contributed by atoms with Crippen molar-refractivity contribution in [3.63, 3.8) is 0 Å². The normalized spacial score (nSPS) is 10.4. The fraction of sp³-hybridized carbons (Fsp3) is 0.455. The monoisotopic (exact) mass is 381 g/mol. The summed E-state index contributed by atoms with van der Waals surface area (Å²) in [6, 6.07) is 8.43. The second-order valence-corrected chi connectivity index (χ2v) is 6.72. The predicted octanol–water partition coefficient (Wildman–Crippen LogP) is 6.68. The van der Waals surface area contributed by atoms with Gasteiger partial charge in [0.25, 0.3) is 0 Å². The van der Waals surface area contributed by atoms with Crippen LogP contribution in [-0.2, 0) is 6.42 Å². The van der Waals surface area contributed by atoms with E-state index in [0.717, 1.165) is 18.1 Å². The first-order valence-corrected chi connectivity index (χ1v) is 9.54. The highest BCUT2D eigenvalue weighted by atomic mass is 19.2. The van der Waals surface area contributed by atoms with Crippen molar-refractivity contribution in [2.24, 2.45) is 0 Å². The molecule has 0 bridgehead atoms. The van der Waals surface area contributed by atoms with Gasteiger partial charge in [0.15, 0.2) is 17.5 Å². The third-order valence-corrected chi connectivity index (χ3v) is 4.41. The Morgan fingerprint density at radius 1 is 0.889 bits per heavy atom. The number of benzene rings is 2. The molecular formula is C22H30F3NO. The first-order valence-electron chi connectivity index (χ1n) is 9.54. The Morgan fingerprint density at radius 3 is 2.11 bits per heavy atom. The molecule has 0 aromatic heterocycles. The van der Waals surface area contributed by atoms with Gasteiger partial charge in [-0.3, -0.25) is 0 Å². The minimum absolute atomic E-state index is 0.00130. The van der Waals surface area contributed by atoms with E-state index < -0.39 is 23.1 Å². The lowest BCUT2D eigenvalue weighted by Gasteiger charge is -2.04. The van der Waals surface area contributed by atoms with Gasteiger partial charge in [0.05, 0.1) is 0 Å². The van der Waals surface area contributed by atoms with Gasteiger partial charge in [-0.1, -0.05) is 63.6 Å². The molecule has 0 aliphatic carbocycles. The number of aryl methyl sites for hydroxylation is 2. The van der Waals surface area contributed by atoms with Crippen molar-refractivity contribution in [1.82, 2.24) is 0 Å². The van der Waals surface area contributed by atoms with E-state index in [2.05, 4.69) is 6.92 Å². The summed E-state index contributed by atoms with van der Waals surface area (Å²) in [6.07, 6.45) is 10.3. The van der Waals surface area contributed by atoms with Crippen molar-refractivity contribution in [2.45, 2.75) is 65.2 Å². The zero-order chi connectivity index (χ0) is 20.2. The van der Waals surface area contributed by atoms with Gasteiger partial charge in [-0.25, -0.2) is 13.2 Å². The zero-order valence-corrected chi connectivity index (χ0v) is 16.2. The highest BCUT2D eigenvalue weighted by Gasteiger charge is 2.12. The molecule has 2 nitrogen and oxygen atoms in total. The maximum absolute atomic E-state index is 12.6. The van der Waals surface area contributed by atoms with Crippen molar-refractivity contribution >= 4 is 5.69 Å². The Kier molecular flexibility index (Phi) is 10.4. The number of phenols is 1. The van der Waals surface area contributed by atoms with Gasteiger partial charge in [0.1, 0.15) is 11.4 Å². The van der Waals surface area contributed by atoms with E-state index in [-0.39, 0.29) is 5.56 Å². The Labute approximate surface area is 160 Å². The Bertz CT molecular complexity index is 678. The summed E-state index contributed by atoms with van der Waals surface area (Å²) in [5.74, 6) is -2.90. The molecule has 0 unspecified atom stereocenters. The first kappa shape index (κ1) is 22.9. The van der Waals surface area contributed by atoms with Crippen molar-refractivity contribution in [2.75, 3.05) is 5.73 Å². The third kappa shape index (κ3) is 7.94. The van der Waals surface area contributed by atoms with Crippen molar-refractivity contribution in [1.29, 1.82) is 0 Å². The van der Waals surface area contributed by atoms with Crippen LogP contribution in [0, 0.1) is 24.4 Å². The number of rotatable bonds is 8. The largest absolute Gasteiger partial charge is 0.508 e. The van der Waals surface area contributed by atoms with Crippen LogP contribution in [0.5, 0.6) is 5.75 Å². The number of nitrogens with two attached hydrogens (primary N) is 1. The summed E-state index contributed by atoms with van der Waals surface area (Å²) >= 11 is 0. The Morgan fingerprint density at radius 2 is 1.48 bits per heavy atom. The minimum Gasteiger partial charge on any atom is -0.508 e. The van der Waals surface area contributed by atoms with Crippen molar-refractivity contribution in [3.8, 4) is 5.75 Å². The number of phenolic OH excluding ortho intramolecular Hbond substituents is 1. The minimum atomic E-state index is -1.33. The van der Waals surface area contributed by atoms with E-state index in [9.17, 15) is 18.3 Å². The van der Waals surface area contributed by atoms with E-state index in [1.54, 1.807) is 6.07 Å². The van der Waals surface area contributed by atoms with Gasteiger partial charge >= 0.3 is 0 Å². The molecule has 0 saturated heterocycles.